The zero-order chi connectivity index (χ0) is 17.7. The Morgan fingerprint density at radius 1 is 1.15 bits per heavy atom. The summed E-state index contributed by atoms with van der Waals surface area (Å²) >= 11 is 5.65. The summed E-state index contributed by atoms with van der Waals surface area (Å²) < 4.78 is 11.0. The molecule has 136 valence electrons. The molecule has 26 heavy (non-hydrogen) atoms. The van der Waals surface area contributed by atoms with E-state index in [1.165, 1.54) is 12.8 Å². The molecule has 3 aromatic rings. The van der Waals surface area contributed by atoms with E-state index in [1.807, 2.05) is 28.9 Å². The van der Waals surface area contributed by atoms with Gasteiger partial charge in [0.25, 0.3) is 0 Å². The second-order valence-electron chi connectivity index (χ2n) is 7.48. The summed E-state index contributed by atoms with van der Waals surface area (Å²) in [6.07, 6.45) is 4.58. The molecule has 1 aliphatic heterocycles. The topological polar surface area (TPSA) is 52.0 Å². The Bertz CT molecular complexity index is 958. The highest BCUT2D eigenvalue weighted by Crippen LogP contribution is 2.36. The smallest absolute Gasteiger partial charge is 0.199 e. The molecule has 1 aromatic carbocycles. The molecule has 0 amide bonds. The maximum atomic E-state index is 5.97. The van der Waals surface area contributed by atoms with Crippen LogP contribution in [-0.4, -0.2) is 37.3 Å². The van der Waals surface area contributed by atoms with Gasteiger partial charge in [0, 0.05) is 25.0 Å². The van der Waals surface area contributed by atoms with Crippen molar-refractivity contribution in [2.45, 2.75) is 51.2 Å². The number of rotatable bonds is 4. The first-order chi connectivity index (χ1) is 12.7. The van der Waals surface area contributed by atoms with E-state index >= 15 is 0 Å². The van der Waals surface area contributed by atoms with E-state index in [4.69, 9.17) is 16.6 Å². The lowest BCUT2D eigenvalue weighted by Crippen LogP contribution is -2.35. The monoisotopic (exact) mass is 369 g/mol. The minimum Gasteiger partial charge on any atom is -0.440 e. The lowest BCUT2D eigenvalue weighted by molar-refractivity contribution is 0.153. The maximum Gasteiger partial charge on any atom is 0.199 e. The Labute approximate surface area is 157 Å². The van der Waals surface area contributed by atoms with Gasteiger partial charge in [-0.2, -0.15) is 5.10 Å². The Kier molecular flexibility index (Phi) is 3.94. The SMILES string of the molecule is Cc1nn(CN2CCC(c3nc4ccccc4o3)CC2)c(=S)n1C1CC1. The molecule has 6 nitrogen and oxygen atoms in total. The van der Waals surface area contributed by atoms with Crippen LogP contribution in [-0.2, 0) is 6.67 Å². The third-order valence-corrected chi connectivity index (χ3v) is 5.94. The molecular formula is C19H23N5OS. The fourth-order valence-corrected chi connectivity index (χ4v) is 4.33. The van der Waals surface area contributed by atoms with Crippen LogP contribution in [0.2, 0.25) is 0 Å². The Morgan fingerprint density at radius 3 is 2.65 bits per heavy atom. The fraction of sp³-hybridized carbons (Fsp3) is 0.526. The third-order valence-electron chi connectivity index (χ3n) is 5.53. The number of aryl methyl sites for hydroxylation is 1. The highest BCUT2D eigenvalue weighted by molar-refractivity contribution is 7.71. The largest absolute Gasteiger partial charge is 0.440 e. The molecule has 2 fully saturated rings. The van der Waals surface area contributed by atoms with Crippen LogP contribution in [0, 0.1) is 11.7 Å². The van der Waals surface area contributed by atoms with Crippen LogP contribution in [0.3, 0.4) is 0 Å². The normalized spacial score (nSPS) is 19.4. The Hall–Kier alpha value is -1.99. The lowest BCUT2D eigenvalue weighted by Gasteiger charge is -2.30. The fourth-order valence-electron chi connectivity index (χ4n) is 3.95. The van der Waals surface area contributed by atoms with Gasteiger partial charge >= 0.3 is 0 Å². The van der Waals surface area contributed by atoms with Gasteiger partial charge in [0.05, 0.1) is 6.67 Å². The zero-order valence-corrected chi connectivity index (χ0v) is 15.8. The minimum atomic E-state index is 0.400. The van der Waals surface area contributed by atoms with E-state index < -0.39 is 0 Å². The number of aromatic nitrogens is 4. The highest BCUT2D eigenvalue weighted by Gasteiger charge is 2.28. The summed E-state index contributed by atoms with van der Waals surface area (Å²) in [7, 11) is 0. The van der Waals surface area contributed by atoms with Crippen molar-refractivity contribution >= 4 is 23.3 Å². The van der Waals surface area contributed by atoms with E-state index in [2.05, 4.69) is 26.5 Å². The Balaban J connectivity index is 1.26. The van der Waals surface area contributed by atoms with Gasteiger partial charge in [0.1, 0.15) is 11.3 Å². The average Bonchev–Trinajstić information content (AvgIpc) is 3.31. The quantitative estimate of drug-likeness (QED) is 0.650. The highest BCUT2D eigenvalue weighted by atomic mass is 32.1. The van der Waals surface area contributed by atoms with Gasteiger partial charge in [-0.15, -0.1) is 0 Å². The number of nitrogens with zero attached hydrogens (tertiary/aromatic N) is 5. The number of hydrogen-bond acceptors (Lipinski definition) is 5. The van der Waals surface area contributed by atoms with E-state index in [-0.39, 0.29) is 0 Å². The molecular weight excluding hydrogens is 346 g/mol. The van der Waals surface area contributed by atoms with Crippen LogP contribution in [0.25, 0.3) is 11.1 Å². The van der Waals surface area contributed by atoms with Gasteiger partial charge in [0.15, 0.2) is 16.2 Å². The molecule has 1 saturated carbocycles. The maximum absolute atomic E-state index is 5.97. The van der Waals surface area contributed by atoms with E-state index in [1.54, 1.807) is 0 Å². The molecule has 0 spiro atoms. The first kappa shape index (κ1) is 16.2. The van der Waals surface area contributed by atoms with Crippen molar-refractivity contribution < 1.29 is 4.42 Å². The molecule has 0 radical (unpaired) electrons. The molecule has 5 rings (SSSR count). The summed E-state index contributed by atoms with van der Waals surface area (Å²) in [5.74, 6) is 2.33. The minimum absolute atomic E-state index is 0.400. The molecule has 2 aliphatic rings. The Morgan fingerprint density at radius 2 is 1.92 bits per heavy atom. The van der Waals surface area contributed by atoms with Crippen molar-refractivity contribution in [2.75, 3.05) is 13.1 Å². The standard InChI is InChI=1S/C19H23N5OS/c1-13-21-23(19(26)24(13)15-6-7-15)12-22-10-8-14(9-11-22)18-20-16-4-2-3-5-17(16)25-18/h2-5,14-15H,6-12H2,1H3. The van der Waals surface area contributed by atoms with E-state index in [0.717, 1.165) is 60.2 Å². The first-order valence-corrected chi connectivity index (χ1v) is 9.83. The van der Waals surface area contributed by atoms with Gasteiger partial charge in [-0.25, -0.2) is 9.67 Å². The number of para-hydroxylation sites is 2. The molecule has 1 aliphatic carbocycles. The number of oxazole rings is 1. The van der Waals surface area contributed by atoms with Gasteiger partial charge in [-0.1, -0.05) is 12.1 Å². The molecule has 1 saturated heterocycles. The van der Waals surface area contributed by atoms with Crippen molar-refractivity contribution in [1.82, 2.24) is 24.2 Å². The molecule has 7 heteroatoms. The van der Waals surface area contributed by atoms with E-state index in [9.17, 15) is 0 Å². The van der Waals surface area contributed by atoms with Crippen LogP contribution in [0.1, 0.15) is 49.4 Å². The van der Waals surface area contributed by atoms with E-state index in [0.29, 0.717) is 12.0 Å². The van der Waals surface area contributed by atoms with Gasteiger partial charge in [-0.05, 0) is 57.0 Å². The van der Waals surface area contributed by atoms with Crippen molar-refractivity contribution in [3.63, 3.8) is 0 Å². The van der Waals surface area contributed by atoms with Gasteiger partial charge in [-0.3, -0.25) is 4.90 Å². The molecule has 0 N–H and O–H groups in total. The number of fused-ring (bicyclic) bond motifs is 1. The average molecular weight is 369 g/mol. The van der Waals surface area contributed by atoms with Crippen LogP contribution in [0.4, 0.5) is 0 Å². The molecule has 0 unspecified atom stereocenters. The summed E-state index contributed by atoms with van der Waals surface area (Å²) in [6.45, 7) is 4.87. The lowest BCUT2D eigenvalue weighted by atomic mass is 9.97. The number of piperidine rings is 1. The van der Waals surface area contributed by atoms with Crippen LogP contribution in [0.15, 0.2) is 28.7 Å². The predicted octanol–water partition coefficient (Wildman–Crippen LogP) is 4.04. The van der Waals surface area contributed by atoms with Crippen molar-refractivity contribution in [3.05, 3.63) is 40.8 Å². The molecule has 3 heterocycles. The number of likely N-dealkylation sites (tertiary alicyclic amines) is 1. The van der Waals surface area contributed by atoms with Crippen molar-refractivity contribution in [1.29, 1.82) is 0 Å². The number of hydrogen-bond donors (Lipinski definition) is 0. The van der Waals surface area contributed by atoms with Crippen LogP contribution >= 0.6 is 12.2 Å². The second-order valence-corrected chi connectivity index (χ2v) is 7.85. The summed E-state index contributed by atoms with van der Waals surface area (Å²) in [4.78, 5) is 7.11. The molecule has 0 atom stereocenters. The summed E-state index contributed by atoms with van der Waals surface area (Å²) in [6, 6.07) is 8.58. The van der Waals surface area contributed by atoms with Crippen LogP contribution in [0.5, 0.6) is 0 Å². The zero-order valence-electron chi connectivity index (χ0n) is 15.0. The van der Waals surface area contributed by atoms with Gasteiger partial charge in [0.2, 0.25) is 0 Å². The summed E-state index contributed by atoms with van der Waals surface area (Å²) in [5.41, 5.74) is 1.84. The van der Waals surface area contributed by atoms with Gasteiger partial charge < -0.3 is 8.98 Å². The summed E-state index contributed by atoms with van der Waals surface area (Å²) in [5, 5.41) is 4.67. The van der Waals surface area contributed by atoms with Crippen molar-refractivity contribution in [2.24, 2.45) is 0 Å². The van der Waals surface area contributed by atoms with Crippen LogP contribution < -0.4 is 0 Å². The first-order valence-electron chi connectivity index (χ1n) is 9.43. The molecule has 2 aromatic heterocycles. The van der Waals surface area contributed by atoms with Crippen molar-refractivity contribution in [3.8, 4) is 0 Å². The number of benzene rings is 1. The predicted molar refractivity (Wildman–Crippen MR) is 102 cm³/mol. The second kappa shape index (κ2) is 6.32. The third kappa shape index (κ3) is 2.89. The molecule has 0 bridgehead atoms.